The van der Waals surface area contributed by atoms with Crippen LogP contribution in [-0.4, -0.2) is 18.5 Å². The van der Waals surface area contributed by atoms with Gasteiger partial charge in [0.05, 0.1) is 11.6 Å². The van der Waals surface area contributed by atoms with Gasteiger partial charge in [-0.25, -0.2) is 14.2 Å². The maximum atomic E-state index is 13.5. The molecule has 33 heavy (non-hydrogen) atoms. The number of carbonyl (C=O) groups excluding carboxylic acids is 1. The molecule has 0 atom stereocenters. The summed E-state index contributed by atoms with van der Waals surface area (Å²) in [6.45, 7) is 4.60. The molecule has 0 fully saturated rings. The van der Waals surface area contributed by atoms with Gasteiger partial charge in [-0.2, -0.15) is 0 Å². The van der Waals surface area contributed by atoms with E-state index in [2.05, 4.69) is 4.99 Å². The molecule has 5 nitrogen and oxygen atoms in total. The molecule has 0 saturated heterocycles. The van der Waals surface area contributed by atoms with Crippen LogP contribution in [0.4, 0.5) is 4.39 Å². The summed E-state index contributed by atoms with van der Waals surface area (Å²) in [6, 6.07) is 17.1. The molecule has 0 saturated carbocycles. The molecule has 3 aromatic carbocycles. The van der Waals surface area contributed by atoms with Gasteiger partial charge >= 0.3 is 5.97 Å². The minimum Gasteiger partial charge on any atom is -0.490 e. The van der Waals surface area contributed by atoms with Crippen LogP contribution in [0.2, 0.25) is 5.02 Å². The summed E-state index contributed by atoms with van der Waals surface area (Å²) in [7, 11) is 0. The zero-order chi connectivity index (χ0) is 23.4. The molecule has 1 aliphatic rings. The summed E-state index contributed by atoms with van der Waals surface area (Å²) < 4.78 is 30.4. The summed E-state index contributed by atoms with van der Waals surface area (Å²) in [4.78, 5) is 16.5. The second-order valence-corrected chi connectivity index (χ2v) is 7.79. The van der Waals surface area contributed by atoms with E-state index < -0.39 is 11.8 Å². The van der Waals surface area contributed by atoms with Gasteiger partial charge in [0.2, 0.25) is 5.90 Å². The first kappa shape index (κ1) is 22.6. The second kappa shape index (κ2) is 9.88. The highest BCUT2D eigenvalue weighted by atomic mass is 35.5. The lowest BCUT2D eigenvalue weighted by Gasteiger charge is -2.15. The highest BCUT2D eigenvalue weighted by Gasteiger charge is 2.25. The standard InChI is InChI=1S/C26H21ClFNO4/c1-3-31-23-13-18(11-21(27)24(23)32-15-17-7-4-6-16(2)10-17)12-22-26(30)33-25(29-22)19-8-5-9-20(28)14-19/h4-14H,3,15H2,1-2H3. The van der Waals surface area contributed by atoms with Crippen molar-refractivity contribution in [2.24, 2.45) is 4.99 Å². The van der Waals surface area contributed by atoms with Crippen molar-refractivity contribution in [1.29, 1.82) is 0 Å². The van der Waals surface area contributed by atoms with E-state index in [1.165, 1.54) is 24.3 Å². The zero-order valence-corrected chi connectivity index (χ0v) is 18.9. The Labute approximate surface area is 196 Å². The van der Waals surface area contributed by atoms with Gasteiger partial charge < -0.3 is 14.2 Å². The van der Waals surface area contributed by atoms with E-state index in [0.717, 1.165) is 11.1 Å². The summed E-state index contributed by atoms with van der Waals surface area (Å²) >= 11 is 6.50. The topological polar surface area (TPSA) is 57.1 Å². The molecule has 0 amide bonds. The first-order valence-corrected chi connectivity index (χ1v) is 10.7. The van der Waals surface area contributed by atoms with E-state index in [9.17, 15) is 9.18 Å². The predicted molar refractivity (Wildman–Crippen MR) is 125 cm³/mol. The molecule has 1 aliphatic heterocycles. The van der Waals surface area contributed by atoms with Gasteiger partial charge in [0.1, 0.15) is 12.4 Å². The molecular weight excluding hydrogens is 445 g/mol. The lowest BCUT2D eigenvalue weighted by molar-refractivity contribution is -0.129. The fraction of sp³-hybridized carbons (Fsp3) is 0.154. The number of esters is 1. The molecule has 0 unspecified atom stereocenters. The molecule has 4 rings (SSSR count). The van der Waals surface area contributed by atoms with Gasteiger partial charge in [0.15, 0.2) is 17.2 Å². The van der Waals surface area contributed by atoms with E-state index in [-0.39, 0.29) is 11.6 Å². The number of rotatable bonds is 7. The zero-order valence-electron chi connectivity index (χ0n) is 18.1. The molecule has 0 aliphatic carbocycles. The molecule has 7 heteroatoms. The Hall–Kier alpha value is -3.64. The van der Waals surface area contributed by atoms with E-state index in [1.807, 2.05) is 38.1 Å². The van der Waals surface area contributed by atoms with E-state index in [1.54, 1.807) is 18.2 Å². The average Bonchev–Trinajstić information content (AvgIpc) is 3.14. The monoisotopic (exact) mass is 465 g/mol. The molecule has 1 heterocycles. The Morgan fingerprint density at radius 2 is 1.91 bits per heavy atom. The molecule has 0 N–H and O–H groups in total. The lowest BCUT2D eigenvalue weighted by atomic mass is 10.1. The Morgan fingerprint density at radius 1 is 1.09 bits per heavy atom. The van der Waals surface area contributed by atoms with Crippen molar-refractivity contribution < 1.29 is 23.4 Å². The number of carbonyl (C=O) groups is 1. The van der Waals surface area contributed by atoms with Crippen LogP contribution in [0, 0.1) is 12.7 Å². The van der Waals surface area contributed by atoms with Crippen molar-refractivity contribution in [1.82, 2.24) is 0 Å². The number of halogens is 2. The lowest BCUT2D eigenvalue weighted by Crippen LogP contribution is -2.05. The molecule has 0 aromatic heterocycles. The largest absolute Gasteiger partial charge is 0.490 e. The van der Waals surface area contributed by atoms with Crippen molar-refractivity contribution in [2.75, 3.05) is 6.61 Å². The molecule has 0 spiro atoms. The van der Waals surface area contributed by atoms with Crippen LogP contribution in [0.1, 0.15) is 29.2 Å². The summed E-state index contributed by atoms with van der Waals surface area (Å²) in [5, 5.41) is 0.334. The van der Waals surface area contributed by atoms with Crippen LogP contribution in [0.15, 0.2) is 71.4 Å². The van der Waals surface area contributed by atoms with Crippen LogP contribution in [0.25, 0.3) is 6.08 Å². The first-order chi connectivity index (χ1) is 15.9. The Kier molecular flexibility index (Phi) is 6.75. The maximum Gasteiger partial charge on any atom is 0.363 e. The molecule has 168 valence electrons. The van der Waals surface area contributed by atoms with E-state index in [4.69, 9.17) is 25.8 Å². The van der Waals surface area contributed by atoms with Crippen LogP contribution < -0.4 is 9.47 Å². The minimum absolute atomic E-state index is 0.0417. The number of benzene rings is 3. The fourth-order valence-electron chi connectivity index (χ4n) is 3.34. The van der Waals surface area contributed by atoms with E-state index >= 15 is 0 Å². The van der Waals surface area contributed by atoms with Crippen molar-refractivity contribution in [2.45, 2.75) is 20.5 Å². The van der Waals surface area contributed by atoms with E-state index in [0.29, 0.717) is 40.9 Å². The number of ether oxygens (including phenoxy) is 3. The fourth-order valence-corrected chi connectivity index (χ4v) is 3.62. The van der Waals surface area contributed by atoms with Crippen LogP contribution in [-0.2, 0) is 16.1 Å². The highest BCUT2D eigenvalue weighted by Crippen LogP contribution is 2.38. The molecule has 0 bridgehead atoms. The summed E-state index contributed by atoms with van der Waals surface area (Å²) in [6.07, 6.45) is 1.54. The third-order valence-corrected chi connectivity index (χ3v) is 5.07. The van der Waals surface area contributed by atoms with Crippen LogP contribution in [0.3, 0.4) is 0 Å². The van der Waals surface area contributed by atoms with Gasteiger partial charge in [0.25, 0.3) is 0 Å². The maximum absolute atomic E-state index is 13.5. The quantitative estimate of drug-likeness (QED) is 0.312. The smallest absolute Gasteiger partial charge is 0.363 e. The Bertz CT molecular complexity index is 1270. The number of aryl methyl sites for hydroxylation is 1. The Morgan fingerprint density at radius 3 is 2.67 bits per heavy atom. The minimum atomic E-state index is -0.636. The first-order valence-electron chi connectivity index (χ1n) is 10.4. The third kappa shape index (κ3) is 5.41. The van der Waals surface area contributed by atoms with Gasteiger partial charge in [-0.15, -0.1) is 0 Å². The van der Waals surface area contributed by atoms with Crippen LogP contribution >= 0.6 is 11.6 Å². The predicted octanol–water partition coefficient (Wildman–Crippen LogP) is 6.11. The SMILES string of the molecule is CCOc1cc(C=C2N=C(c3cccc(F)c3)OC2=O)cc(Cl)c1OCc1cccc(C)c1. The van der Waals surface area contributed by atoms with Crippen molar-refractivity contribution in [3.63, 3.8) is 0 Å². The highest BCUT2D eigenvalue weighted by molar-refractivity contribution is 6.32. The van der Waals surface area contributed by atoms with Crippen LogP contribution in [0.5, 0.6) is 11.5 Å². The third-order valence-electron chi connectivity index (χ3n) is 4.79. The normalized spacial score (nSPS) is 14.2. The number of hydrogen-bond acceptors (Lipinski definition) is 5. The van der Waals surface area contributed by atoms with Gasteiger partial charge in [-0.05, 0) is 61.4 Å². The molecule has 0 radical (unpaired) electrons. The Balaban J connectivity index is 1.61. The average molecular weight is 466 g/mol. The number of aliphatic imine (C=N–C) groups is 1. The summed E-state index contributed by atoms with van der Waals surface area (Å²) in [5.41, 5.74) is 3.17. The molecule has 3 aromatic rings. The van der Waals surface area contributed by atoms with Gasteiger partial charge in [0, 0.05) is 5.56 Å². The summed E-state index contributed by atoms with van der Waals surface area (Å²) in [5.74, 6) is -0.175. The number of cyclic esters (lactones) is 1. The van der Waals surface area contributed by atoms with Gasteiger partial charge in [-0.3, -0.25) is 0 Å². The number of nitrogens with zero attached hydrogens (tertiary/aromatic N) is 1. The second-order valence-electron chi connectivity index (χ2n) is 7.39. The van der Waals surface area contributed by atoms with Crippen molar-refractivity contribution in [3.05, 3.63) is 99.5 Å². The van der Waals surface area contributed by atoms with Crippen molar-refractivity contribution >= 4 is 29.5 Å². The van der Waals surface area contributed by atoms with Crippen molar-refractivity contribution in [3.8, 4) is 11.5 Å². The molecular formula is C26H21ClFNO4. The number of hydrogen-bond donors (Lipinski definition) is 0. The van der Waals surface area contributed by atoms with Gasteiger partial charge in [-0.1, -0.05) is 47.5 Å².